The molecule has 2 aromatic carbocycles. The summed E-state index contributed by atoms with van der Waals surface area (Å²) in [5, 5.41) is 2.73. The van der Waals surface area contributed by atoms with Crippen LogP contribution in [-0.4, -0.2) is 33.9 Å². The van der Waals surface area contributed by atoms with Crippen molar-refractivity contribution in [1.82, 2.24) is 5.32 Å². The molecule has 0 radical (unpaired) electrons. The van der Waals surface area contributed by atoms with Crippen LogP contribution in [0.3, 0.4) is 0 Å². The van der Waals surface area contributed by atoms with Crippen molar-refractivity contribution in [3.05, 3.63) is 58.4 Å². The monoisotopic (exact) mass is 393 g/mol. The van der Waals surface area contributed by atoms with E-state index >= 15 is 0 Å². The highest BCUT2D eigenvalue weighted by atomic mass is 32.2. The molecule has 0 unspecified atom stereocenters. The second-order valence-corrected chi connectivity index (χ2v) is 8.41. The highest BCUT2D eigenvalue weighted by Crippen LogP contribution is 2.29. The van der Waals surface area contributed by atoms with Gasteiger partial charge in [0.15, 0.2) is 16.6 Å². The highest BCUT2D eigenvalue weighted by Gasteiger charge is 2.18. The van der Waals surface area contributed by atoms with E-state index in [1.807, 2.05) is 0 Å². The topological polar surface area (TPSA) is 81.7 Å². The maximum Gasteiger partial charge on any atom is 0.251 e. The Morgan fingerprint density at radius 3 is 2.78 bits per heavy atom. The van der Waals surface area contributed by atoms with Gasteiger partial charge in [-0.15, -0.1) is 0 Å². The fraction of sp³-hybridized carbons (Fsp3) is 0.316. The largest absolute Gasteiger partial charge is 0.467 e. The Bertz CT molecular complexity index is 988. The van der Waals surface area contributed by atoms with Crippen LogP contribution < -0.4 is 10.1 Å². The number of amides is 1. The van der Waals surface area contributed by atoms with Crippen molar-refractivity contribution in [1.29, 1.82) is 0 Å². The molecule has 0 atom stereocenters. The molecule has 0 bridgehead atoms. The van der Waals surface area contributed by atoms with E-state index in [2.05, 4.69) is 5.32 Å². The molecule has 1 aliphatic rings. The number of benzene rings is 2. The molecule has 0 aliphatic carbocycles. The van der Waals surface area contributed by atoms with Crippen LogP contribution in [0.4, 0.5) is 4.39 Å². The average molecular weight is 393 g/mol. The predicted molar refractivity (Wildman–Crippen MR) is 97.0 cm³/mol. The maximum atomic E-state index is 13.7. The summed E-state index contributed by atoms with van der Waals surface area (Å²) in [4.78, 5) is 12.5. The van der Waals surface area contributed by atoms with Crippen molar-refractivity contribution >= 4 is 15.7 Å². The van der Waals surface area contributed by atoms with E-state index in [9.17, 15) is 17.6 Å². The van der Waals surface area contributed by atoms with E-state index in [1.165, 1.54) is 18.2 Å². The molecule has 0 aromatic heterocycles. The molecule has 0 saturated heterocycles. The number of fused-ring (bicyclic) bond motifs is 1. The van der Waals surface area contributed by atoms with Gasteiger partial charge < -0.3 is 14.8 Å². The minimum absolute atomic E-state index is 0.107. The van der Waals surface area contributed by atoms with Gasteiger partial charge in [-0.1, -0.05) is 6.07 Å². The van der Waals surface area contributed by atoms with Crippen molar-refractivity contribution in [2.24, 2.45) is 0 Å². The lowest BCUT2D eigenvalue weighted by Gasteiger charge is -2.21. The summed E-state index contributed by atoms with van der Waals surface area (Å²) in [7, 11) is -3.42. The lowest BCUT2D eigenvalue weighted by molar-refractivity contribution is -0.0172. The van der Waals surface area contributed by atoms with Crippen molar-refractivity contribution in [2.75, 3.05) is 19.6 Å². The summed E-state index contributed by atoms with van der Waals surface area (Å²) >= 11 is 0. The van der Waals surface area contributed by atoms with E-state index in [4.69, 9.17) is 9.47 Å². The summed E-state index contributed by atoms with van der Waals surface area (Å²) in [5.74, 6) is -0.193. The van der Waals surface area contributed by atoms with Crippen LogP contribution in [-0.2, 0) is 27.6 Å². The number of carbonyl (C=O) groups is 1. The van der Waals surface area contributed by atoms with Crippen LogP contribution in [0.1, 0.15) is 27.0 Å². The number of rotatable bonds is 5. The normalized spacial score (nSPS) is 13.6. The molecule has 144 valence electrons. The number of halogens is 1. The third kappa shape index (κ3) is 4.45. The van der Waals surface area contributed by atoms with Crippen LogP contribution in [0.2, 0.25) is 0 Å². The van der Waals surface area contributed by atoms with Crippen LogP contribution in [0.15, 0.2) is 35.2 Å². The molecular formula is C19H20FNO5S. The molecule has 0 saturated carbocycles. The Kier molecular flexibility index (Phi) is 5.48. The van der Waals surface area contributed by atoms with Crippen molar-refractivity contribution in [3.63, 3.8) is 0 Å². The van der Waals surface area contributed by atoms with Crippen LogP contribution in [0.25, 0.3) is 0 Å². The van der Waals surface area contributed by atoms with Gasteiger partial charge in [0.1, 0.15) is 11.6 Å². The predicted octanol–water partition coefficient (Wildman–Crippen LogP) is 2.38. The first-order valence-corrected chi connectivity index (χ1v) is 10.3. The molecule has 1 aliphatic heterocycles. The first kappa shape index (κ1) is 19.3. The summed E-state index contributed by atoms with van der Waals surface area (Å²) in [5.41, 5.74) is 2.12. The highest BCUT2D eigenvalue weighted by molar-refractivity contribution is 7.90. The summed E-state index contributed by atoms with van der Waals surface area (Å²) in [6.07, 6.45) is 1.48. The number of hydrogen-bond donors (Lipinski definition) is 1. The number of hydrogen-bond acceptors (Lipinski definition) is 5. The zero-order valence-corrected chi connectivity index (χ0v) is 15.9. The van der Waals surface area contributed by atoms with Gasteiger partial charge in [-0.25, -0.2) is 12.8 Å². The molecule has 2 aromatic rings. The summed E-state index contributed by atoms with van der Waals surface area (Å²) < 4.78 is 48.0. The van der Waals surface area contributed by atoms with Gasteiger partial charge in [-0.3, -0.25) is 4.79 Å². The van der Waals surface area contributed by atoms with Crippen LogP contribution in [0, 0.1) is 12.7 Å². The summed E-state index contributed by atoms with van der Waals surface area (Å²) in [6, 6.07) is 7.29. The first-order chi connectivity index (χ1) is 12.8. The van der Waals surface area contributed by atoms with Gasteiger partial charge in [0.05, 0.1) is 11.5 Å². The fourth-order valence-corrected chi connectivity index (χ4v) is 3.99. The van der Waals surface area contributed by atoms with Gasteiger partial charge in [-0.05, 0) is 48.7 Å². The molecule has 0 spiro atoms. The average Bonchev–Trinajstić information content (AvgIpc) is 2.60. The van der Waals surface area contributed by atoms with E-state index in [0.717, 1.165) is 6.26 Å². The van der Waals surface area contributed by atoms with Crippen molar-refractivity contribution in [3.8, 4) is 5.75 Å². The Hall–Kier alpha value is -2.45. The molecule has 6 nitrogen and oxygen atoms in total. The van der Waals surface area contributed by atoms with Gasteiger partial charge >= 0.3 is 0 Å². The molecular weight excluding hydrogens is 373 g/mol. The number of carbonyl (C=O) groups excluding carboxylic acids is 1. The van der Waals surface area contributed by atoms with E-state index in [0.29, 0.717) is 28.9 Å². The van der Waals surface area contributed by atoms with Crippen molar-refractivity contribution < 1.29 is 27.1 Å². The Labute approximate surface area is 157 Å². The lowest BCUT2D eigenvalue weighted by atomic mass is 10.1. The minimum atomic E-state index is -3.42. The third-order valence-corrected chi connectivity index (χ3v) is 5.52. The van der Waals surface area contributed by atoms with E-state index in [-0.39, 0.29) is 36.2 Å². The second-order valence-electron chi connectivity index (χ2n) is 6.42. The van der Waals surface area contributed by atoms with E-state index < -0.39 is 15.7 Å². The molecule has 1 amide bonds. The van der Waals surface area contributed by atoms with Gasteiger partial charge in [-0.2, -0.15) is 0 Å². The fourth-order valence-electron chi connectivity index (χ4n) is 3.00. The standard InChI is InChI=1S/C19H20FNO5S/c1-12-3-4-14(9-17(12)27(2,23)24)19(22)21-6-5-13-7-16(20)8-15-10-25-11-26-18(13)15/h3-4,7-9H,5-6,10-11H2,1-2H3,(H,21,22). The zero-order valence-electron chi connectivity index (χ0n) is 15.0. The molecule has 27 heavy (non-hydrogen) atoms. The number of sulfone groups is 1. The smallest absolute Gasteiger partial charge is 0.251 e. The van der Waals surface area contributed by atoms with Crippen LogP contribution in [0.5, 0.6) is 5.75 Å². The Balaban J connectivity index is 1.70. The Morgan fingerprint density at radius 2 is 2.04 bits per heavy atom. The molecule has 8 heteroatoms. The van der Waals surface area contributed by atoms with Gasteiger partial charge in [0.25, 0.3) is 5.91 Å². The molecule has 1 heterocycles. The molecule has 0 fully saturated rings. The third-order valence-electron chi connectivity index (χ3n) is 4.28. The Morgan fingerprint density at radius 1 is 1.26 bits per heavy atom. The first-order valence-electron chi connectivity index (χ1n) is 8.36. The zero-order chi connectivity index (χ0) is 19.6. The van der Waals surface area contributed by atoms with E-state index in [1.54, 1.807) is 19.1 Å². The maximum absolute atomic E-state index is 13.7. The molecule has 1 N–H and O–H groups in total. The number of nitrogens with one attached hydrogen (secondary N) is 1. The number of ether oxygens (including phenoxy) is 2. The minimum Gasteiger partial charge on any atom is -0.467 e. The lowest BCUT2D eigenvalue weighted by Crippen LogP contribution is -2.26. The van der Waals surface area contributed by atoms with Gasteiger partial charge in [0, 0.05) is 23.9 Å². The van der Waals surface area contributed by atoms with Gasteiger partial charge in [0.2, 0.25) is 0 Å². The summed E-state index contributed by atoms with van der Waals surface area (Å²) in [6.45, 7) is 2.32. The SMILES string of the molecule is Cc1ccc(C(=O)NCCc2cc(F)cc3c2OCOC3)cc1S(C)(=O)=O. The van der Waals surface area contributed by atoms with Crippen molar-refractivity contribution in [2.45, 2.75) is 24.8 Å². The number of aryl methyl sites for hydroxylation is 1. The van der Waals surface area contributed by atoms with Crippen LogP contribution >= 0.6 is 0 Å². The quantitative estimate of drug-likeness (QED) is 0.844. The second kappa shape index (κ2) is 7.66. The molecule has 3 rings (SSSR count).